The topological polar surface area (TPSA) is 43.4 Å². The number of carbonyl (C=O) groups excluding carboxylic acids is 2. The molecule has 2 atom stereocenters. The van der Waals surface area contributed by atoms with Crippen LogP contribution in [0.2, 0.25) is 0 Å². The van der Waals surface area contributed by atoms with Crippen LogP contribution in [-0.2, 0) is 14.3 Å². The van der Waals surface area contributed by atoms with Gasteiger partial charge in [0.1, 0.15) is 11.2 Å². The van der Waals surface area contributed by atoms with Crippen molar-refractivity contribution in [1.82, 2.24) is 0 Å². The van der Waals surface area contributed by atoms with Gasteiger partial charge in [-0.3, -0.25) is 9.59 Å². The molecule has 0 bridgehead atoms. The van der Waals surface area contributed by atoms with Crippen LogP contribution in [0.25, 0.3) is 0 Å². The minimum Gasteiger partial charge on any atom is -0.465 e. The van der Waals surface area contributed by atoms with Crippen molar-refractivity contribution in [3.05, 3.63) is 0 Å². The van der Waals surface area contributed by atoms with Crippen molar-refractivity contribution in [1.29, 1.82) is 0 Å². The van der Waals surface area contributed by atoms with Crippen LogP contribution >= 0.6 is 0 Å². The van der Waals surface area contributed by atoms with E-state index in [0.717, 1.165) is 37.0 Å². The molecule has 3 aliphatic rings. The normalized spacial score (nSPS) is 36.9. The molecule has 3 nitrogen and oxygen atoms in total. The Labute approximate surface area is 191 Å². The molecule has 0 spiro atoms. The number of carbonyl (C=O) groups is 2. The molecule has 3 rings (SSSR count). The summed E-state index contributed by atoms with van der Waals surface area (Å²) in [5.74, 6) is 3.95. The highest BCUT2D eigenvalue weighted by Crippen LogP contribution is 2.47. The van der Waals surface area contributed by atoms with E-state index in [4.69, 9.17) is 4.74 Å². The number of hydrogen-bond acceptors (Lipinski definition) is 3. The second kappa shape index (κ2) is 11.8. The Balaban J connectivity index is 1.41. The molecule has 0 saturated heterocycles. The predicted molar refractivity (Wildman–Crippen MR) is 127 cm³/mol. The van der Waals surface area contributed by atoms with Gasteiger partial charge in [-0.15, -0.1) is 0 Å². The highest BCUT2D eigenvalue weighted by molar-refractivity contribution is 6.04. The van der Waals surface area contributed by atoms with Crippen LogP contribution in [0.4, 0.5) is 0 Å². The lowest BCUT2D eigenvalue weighted by molar-refractivity contribution is -0.162. The average Bonchev–Trinajstić information content (AvgIpc) is 2.80. The fraction of sp³-hybridized carbons (Fsp3) is 0.929. The molecular formula is C28H48O3. The summed E-state index contributed by atoms with van der Waals surface area (Å²) < 4.78 is 5.43. The molecule has 178 valence electrons. The first-order chi connectivity index (χ1) is 15.0. The van der Waals surface area contributed by atoms with E-state index in [2.05, 4.69) is 13.8 Å². The van der Waals surface area contributed by atoms with E-state index in [1.165, 1.54) is 70.6 Å². The quantitative estimate of drug-likeness (QED) is 0.215. The van der Waals surface area contributed by atoms with Gasteiger partial charge in [0, 0.05) is 6.42 Å². The third-order valence-electron chi connectivity index (χ3n) is 9.27. The van der Waals surface area contributed by atoms with Gasteiger partial charge in [-0.1, -0.05) is 52.4 Å². The van der Waals surface area contributed by atoms with Gasteiger partial charge in [0.05, 0.1) is 6.61 Å². The molecule has 0 N–H and O–H groups in total. The van der Waals surface area contributed by atoms with Crippen molar-refractivity contribution in [2.45, 2.75) is 124 Å². The van der Waals surface area contributed by atoms with Gasteiger partial charge >= 0.3 is 5.97 Å². The van der Waals surface area contributed by atoms with Gasteiger partial charge in [0.2, 0.25) is 0 Å². The first kappa shape index (κ1) is 24.8. The first-order valence-corrected chi connectivity index (χ1v) is 13.7. The summed E-state index contributed by atoms with van der Waals surface area (Å²) in [5, 5.41) is 0. The van der Waals surface area contributed by atoms with Crippen molar-refractivity contribution in [2.24, 2.45) is 35.0 Å². The van der Waals surface area contributed by atoms with Crippen molar-refractivity contribution in [3.63, 3.8) is 0 Å². The minimum atomic E-state index is -0.891. The monoisotopic (exact) mass is 432 g/mol. The summed E-state index contributed by atoms with van der Waals surface area (Å²) in [5.41, 5.74) is -0.891. The molecule has 0 aromatic heterocycles. The molecule has 0 radical (unpaired) electrons. The average molecular weight is 433 g/mol. The molecular weight excluding hydrogens is 384 g/mol. The second-order valence-electron chi connectivity index (χ2n) is 11.3. The highest BCUT2D eigenvalue weighted by atomic mass is 16.5. The SMILES string of the molecule is CCCCOC(=O)[C@@]1(C)CC[C@@H](C2CCC(C3CCC(CCCC)CC3)CC2)CC1=O. The van der Waals surface area contributed by atoms with Crippen LogP contribution in [0.5, 0.6) is 0 Å². The number of Topliss-reactive ketones (excluding diaryl/α,β-unsaturated/α-hetero) is 1. The summed E-state index contributed by atoms with van der Waals surface area (Å²) >= 11 is 0. The first-order valence-electron chi connectivity index (χ1n) is 13.7. The van der Waals surface area contributed by atoms with E-state index in [0.29, 0.717) is 31.3 Å². The number of ketones is 1. The van der Waals surface area contributed by atoms with E-state index in [9.17, 15) is 9.59 Å². The summed E-state index contributed by atoms with van der Waals surface area (Å²) in [6.07, 6.45) is 19.6. The van der Waals surface area contributed by atoms with Crippen molar-refractivity contribution >= 4 is 11.8 Å². The van der Waals surface area contributed by atoms with Crippen LogP contribution in [0.3, 0.4) is 0 Å². The Kier molecular flexibility index (Phi) is 9.47. The Morgan fingerprint density at radius 2 is 1.39 bits per heavy atom. The van der Waals surface area contributed by atoms with Crippen LogP contribution in [-0.4, -0.2) is 18.4 Å². The van der Waals surface area contributed by atoms with Crippen LogP contribution < -0.4 is 0 Å². The molecule has 0 amide bonds. The lowest BCUT2D eigenvalue weighted by atomic mass is 9.62. The van der Waals surface area contributed by atoms with E-state index in [1.807, 2.05) is 6.92 Å². The smallest absolute Gasteiger partial charge is 0.319 e. The molecule has 3 saturated carbocycles. The fourth-order valence-electron chi connectivity index (χ4n) is 6.79. The molecule has 0 aromatic carbocycles. The molecule has 0 heterocycles. The largest absolute Gasteiger partial charge is 0.465 e. The minimum absolute atomic E-state index is 0.137. The third kappa shape index (κ3) is 6.35. The Morgan fingerprint density at radius 3 is 1.94 bits per heavy atom. The molecule has 31 heavy (non-hydrogen) atoms. The van der Waals surface area contributed by atoms with Gasteiger partial charge in [0.25, 0.3) is 0 Å². The van der Waals surface area contributed by atoms with E-state index in [1.54, 1.807) is 0 Å². The zero-order valence-electron chi connectivity index (χ0n) is 20.6. The van der Waals surface area contributed by atoms with Crippen molar-refractivity contribution < 1.29 is 14.3 Å². The zero-order valence-corrected chi connectivity index (χ0v) is 20.6. The molecule has 0 unspecified atom stereocenters. The number of unbranched alkanes of at least 4 members (excludes halogenated alkanes) is 2. The molecule has 0 aromatic rings. The van der Waals surface area contributed by atoms with E-state index >= 15 is 0 Å². The van der Waals surface area contributed by atoms with Crippen LogP contribution in [0.1, 0.15) is 124 Å². The standard InChI is InChI=1S/C28H48O3/c1-4-6-8-21-9-11-22(12-10-21)23-13-15-24(16-14-23)25-17-18-28(3,26(29)20-25)27(30)31-19-7-5-2/h21-25H,4-20H2,1-3H3/t21?,22?,23?,24?,25-,28+/m1/s1. The Bertz CT molecular complexity index is 569. The fourth-order valence-corrected chi connectivity index (χ4v) is 6.79. The van der Waals surface area contributed by atoms with Gasteiger partial charge in [-0.05, 0) is 94.3 Å². The third-order valence-corrected chi connectivity index (χ3v) is 9.27. The van der Waals surface area contributed by atoms with Crippen LogP contribution in [0, 0.1) is 35.0 Å². The summed E-state index contributed by atoms with van der Waals surface area (Å²) in [6.45, 7) is 6.67. The van der Waals surface area contributed by atoms with E-state index < -0.39 is 5.41 Å². The number of ether oxygens (including phenoxy) is 1. The second-order valence-corrected chi connectivity index (χ2v) is 11.3. The zero-order chi connectivity index (χ0) is 22.3. The maximum absolute atomic E-state index is 13.0. The van der Waals surface area contributed by atoms with E-state index in [-0.39, 0.29) is 11.8 Å². The number of rotatable bonds is 9. The Hall–Kier alpha value is -0.860. The molecule has 0 aliphatic heterocycles. The van der Waals surface area contributed by atoms with Gasteiger partial charge in [-0.2, -0.15) is 0 Å². The maximum atomic E-state index is 13.0. The molecule has 3 heteroatoms. The number of esters is 1. The summed E-state index contributed by atoms with van der Waals surface area (Å²) in [4.78, 5) is 25.5. The van der Waals surface area contributed by atoms with Crippen LogP contribution in [0.15, 0.2) is 0 Å². The van der Waals surface area contributed by atoms with Crippen molar-refractivity contribution in [2.75, 3.05) is 6.61 Å². The molecule has 3 fully saturated rings. The highest BCUT2D eigenvalue weighted by Gasteiger charge is 2.47. The maximum Gasteiger partial charge on any atom is 0.319 e. The lowest BCUT2D eigenvalue weighted by Gasteiger charge is -2.42. The summed E-state index contributed by atoms with van der Waals surface area (Å²) in [7, 11) is 0. The van der Waals surface area contributed by atoms with Crippen molar-refractivity contribution in [3.8, 4) is 0 Å². The molecule has 3 aliphatic carbocycles. The van der Waals surface area contributed by atoms with Gasteiger partial charge < -0.3 is 4.74 Å². The van der Waals surface area contributed by atoms with Gasteiger partial charge in [0.15, 0.2) is 0 Å². The number of hydrogen-bond donors (Lipinski definition) is 0. The summed E-state index contributed by atoms with van der Waals surface area (Å²) in [6, 6.07) is 0. The Morgan fingerprint density at radius 1 is 0.839 bits per heavy atom. The van der Waals surface area contributed by atoms with Gasteiger partial charge in [-0.25, -0.2) is 0 Å². The predicted octanol–water partition coefficient (Wildman–Crippen LogP) is 7.51. The lowest BCUT2D eigenvalue weighted by Crippen LogP contribution is -2.44.